The second kappa shape index (κ2) is 6.73. The summed E-state index contributed by atoms with van der Waals surface area (Å²) in [5.74, 6) is 1.42. The number of allylic oxidation sites excluding steroid dienone is 1. The van der Waals surface area contributed by atoms with E-state index in [-0.39, 0.29) is 0 Å². The maximum atomic E-state index is 9.04. The molecule has 1 aromatic carbocycles. The predicted octanol–water partition coefficient (Wildman–Crippen LogP) is 3.53. The third-order valence-electron chi connectivity index (χ3n) is 5.94. The van der Waals surface area contributed by atoms with Crippen LogP contribution in [0.15, 0.2) is 41.2 Å². The Kier molecular flexibility index (Phi) is 4.06. The van der Waals surface area contributed by atoms with Crippen molar-refractivity contribution in [2.45, 2.75) is 38.6 Å². The van der Waals surface area contributed by atoms with Gasteiger partial charge in [0, 0.05) is 29.4 Å². The van der Waals surface area contributed by atoms with Crippen molar-refractivity contribution in [2.75, 3.05) is 5.32 Å². The second-order valence-electron chi connectivity index (χ2n) is 7.69. The Balaban J connectivity index is 1.29. The number of aliphatic imine (C=N–C) groups is 1. The fraction of sp³-hybridized carbons (Fsp3) is 0.333. The van der Waals surface area contributed by atoms with Gasteiger partial charge >= 0.3 is 0 Å². The van der Waals surface area contributed by atoms with Gasteiger partial charge in [-0.2, -0.15) is 5.26 Å². The molecule has 142 valence electrons. The Morgan fingerprint density at radius 1 is 1.21 bits per heavy atom. The number of aromatic amines is 1. The van der Waals surface area contributed by atoms with Crippen LogP contribution in [0.2, 0.25) is 0 Å². The van der Waals surface area contributed by atoms with E-state index in [2.05, 4.69) is 45.3 Å². The van der Waals surface area contributed by atoms with Gasteiger partial charge in [-0.1, -0.05) is 0 Å². The van der Waals surface area contributed by atoms with Crippen molar-refractivity contribution < 1.29 is 0 Å². The summed E-state index contributed by atoms with van der Waals surface area (Å²) in [5, 5.41) is 14.7. The van der Waals surface area contributed by atoms with E-state index < -0.39 is 0 Å². The smallest absolute Gasteiger partial charge is 0.141 e. The molecule has 2 aromatic rings. The summed E-state index contributed by atoms with van der Waals surface area (Å²) in [5.41, 5.74) is 13.2. The van der Waals surface area contributed by atoms with Crippen LogP contribution >= 0.6 is 0 Å². The summed E-state index contributed by atoms with van der Waals surface area (Å²) < 4.78 is 0. The molecule has 3 heterocycles. The standard InChI is InChI=1S/C21H23N7/c1-13-10-14(11-22)2-7-18(13)25-16-5-3-15(4-6-16)19-20-17-8-9-23-21(17)24-12-28(20)27-26-19/h2,7-10,12,15-16,23,25-27H,3-6H2,1H3. The van der Waals surface area contributed by atoms with Gasteiger partial charge < -0.3 is 15.7 Å². The number of nitrogens with one attached hydrogen (secondary N) is 4. The molecule has 7 nitrogen and oxygen atoms in total. The number of H-pyrrole nitrogens is 1. The monoisotopic (exact) mass is 373 g/mol. The molecule has 0 unspecified atom stereocenters. The third-order valence-corrected chi connectivity index (χ3v) is 5.94. The van der Waals surface area contributed by atoms with Crippen LogP contribution in [0.5, 0.6) is 0 Å². The Hall–Kier alpha value is -3.24. The quantitative estimate of drug-likeness (QED) is 0.661. The molecule has 7 heteroatoms. The van der Waals surface area contributed by atoms with E-state index in [0.29, 0.717) is 17.5 Å². The molecule has 0 amide bonds. The zero-order valence-corrected chi connectivity index (χ0v) is 15.8. The number of hydrazine groups is 2. The van der Waals surface area contributed by atoms with Crippen molar-refractivity contribution in [2.24, 2.45) is 10.9 Å². The molecule has 28 heavy (non-hydrogen) atoms. The topological polar surface area (TPSA) is 91.3 Å². The Bertz CT molecular complexity index is 1000. The number of fused-ring (bicyclic) bond motifs is 3. The van der Waals surface area contributed by atoms with Crippen LogP contribution in [0.25, 0.3) is 5.70 Å². The summed E-state index contributed by atoms with van der Waals surface area (Å²) in [6.07, 6.45) is 8.26. The zero-order chi connectivity index (χ0) is 19.1. The normalized spacial score (nSPS) is 23.1. The number of rotatable bonds is 3. The molecule has 1 saturated carbocycles. The van der Waals surface area contributed by atoms with Crippen LogP contribution in [-0.2, 0) is 0 Å². The summed E-state index contributed by atoms with van der Waals surface area (Å²) in [7, 11) is 0. The summed E-state index contributed by atoms with van der Waals surface area (Å²) in [6, 6.07) is 10.6. The Labute approximate surface area is 164 Å². The van der Waals surface area contributed by atoms with Gasteiger partial charge in [-0.25, -0.2) is 10.0 Å². The number of aryl methyl sites for hydroxylation is 1. The van der Waals surface area contributed by atoms with E-state index in [1.54, 1.807) is 0 Å². The van der Waals surface area contributed by atoms with Crippen LogP contribution in [0.4, 0.5) is 11.5 Å². The summed E-state index contributed by atoms with van der Waals surface area (Å²) >= 11 is 0. The minimum absolute atomic E-state index is 0.467. The fourth-order valence-corrected chi connectivity index (χ4v) is 4.44. The minimum atomic E-state index is 0.467. The lowest BCUT2D eigenvalue weighted by molar-refractivity contribution is 0.350. The lowest BCUT2D eigenvalue weighted by Gasteiger charge is -2.31. The largest absolute Gasteiger partial charge is 0.382 e. The maximum absolute atomic E-state index is 9.04. The van der Waals surface area contributed by atoms with Gasteiger partial charge in [0.1, 0.15) is 12.2 Å². The number of nitriles is 1. The molecular formula is C21H23N7. The molecule has 0 radical (unpaired) electrons. The highest BCUT2D eigenvalue weighted by molar-refractivity contribution is 5.87. The van der Waals surface area contributed by atoms with E-state index in [1.807, 2.05) is 35.7 Å². The number of benzene rings is 1. The average Bonchev–Trinajstić information content (AvgIpc) is 3.36. The SMILES string of the molecule is Cc1cc(C#N)ccc1NC1CCC(C2=C3c4cc[nH]c4N=CN3NN2)CC1. The Morgan fingerprint density at radius 3 is 2.86 bits per heavy atom. The third kappa shape index (κ3) is 2.83. The number of aromatic nitrogens is 1. The molecule has 5 rings (SSSR count). The van der Waals surface area contributed by atoms with Crippen molar-refractivity contribution in [3.8, 4) is 6.07 Å². The number of hydrogen-bond donors (Lipinski definition) is 4. The minimum Gasteiger partial charge on any atom is -0.382 e. The molecule has 1 aliphatic carbocycles. The highest BCUT2D eigenvalue weighted by Gasteiger charge is 2.34. The van der Waals surface area contributed by atoms with Crippen LogP contribution in [0.3, 0.4) is 0 Å². The summed E-state index contributed by atoms with van der Waals surface area (Å²) in [6.45, 7) is 2.06. The van der Waals surface area contributed by atoms with Crippen molar-refractivity contribution in [1.29, 1.82) is 5.26 Å². The maximum Gasteiger partial charge on any atom is 0.141 e. The van der Waals surface area contributed by atoms with Crippen molar-refractivity contribution in [3.05, 3.63) is 52.8 Å². The average molecular weight is 373 g/mol. The van der Waals surface area contributed by atoms with E-state index in [1.165, 1.54) is 11.4 Å². The molecule has 2 aliphatic heterocycles. The van der Waals surface area contributed by atoms with Crippen molar-refractivity contribution >= 4 is 23.5 Å². The molecule has 0 atom stereocenters. The molecule has 4 N–H and O–H groups in total. The lowest BCUT2D eigenvalue weighted by Crippen LogP contribution is -2.38. The predicted molar refractivity (Wildman–Crippen MR) is 109 cm³/mol. The molecule has 0 bridgehead atoms. The van der Waals surface area contributed by atoms with Crippen LogP contribution < -0.4 is 16.3 Å². The van der Waals surface area contributed by atoms with Gasteiger partial charge in [0.05, 0.1) is 23.0 Å². The van der Waals surface area contributed by atoms with E-state index in [0.717, 1.165) is 48.3 Å². The van der Waals surface area contributed by atoms with Crippen LogP contribution in [0.1, 0.15) is 42.4 Å². The fourth-order valence-electron chi connectivity index (χ4n) is 4.44. The van der Waals surface area contributed by atoms with Crippen LogP contribution in [-0.4, -0.2) is 22.4 Å². The van der Waals surface area contributed by atoms with Gasteiger partial charge in [0.15, 0.2) is 0 Å². The first-order chi connectivity index (χ1) is 13.7. The van der Waals surface area contributed by atoms with E-state index in [9.17, 15) is 0 Å². The van der Waals surface area contributed by atoms with Gasteiger partial charge in [-0.15, -0.1) is 5.53 Å². The van der Waals surface area contributed by atoms with Gasteiger partial charge in [0.25, 0.3) is 0 Å². The molecule has 0 spiro atoms. The molecule has 0 saturated heterocycles. The molecule has 1 fully saturated rings. The van der Waals surface area contributed by atoms with Crippen LogP contribution in [0, 0.1) is 24.2 Å². The first-order valence-electron chi connectivity index (χ1n) is 9.77. The number of hydrogen-bond acceptors (Lipinski definition) is 6. The lowest BCUT2D eigenvalue weighted by atomic mass is 9.83. The van der Waals surface area contributed by atoms with Gasteiger partial charge in [0.2, 0.25) is 0 Å². The summed E-state index contributed by atoms with van der Waals surface area (Å²) in [4.78, 5) is 7.63. The number of nitrogens with zero attached hydrogens (tertiary/aromatic N) is 3. The first kappa shape index (κ1) is 16.9. The van der Waals surface area contributed by atoms with Crippen molar-refractivity contribution in [1.82, 2.24) is 21.0 Å². The highest BCUT2D eigenvalue weighted by Crippen LogP contribution is 2.40. The van der Waals surface area contributed by atoms with Gasteiger partial charge in [-0.3, -0.25) is 0 Å². The zero-order valence-electron chi connectivity index (χ0n) is 15.8. The van der Waals surface area contributed by atoms with Crippen molar-refractivity contribution in [3.63, 3.8) is 0 Å². The molecule has 1 aromatic heterocycles. The number of anilines is 1. The van der Waals surface area contributed by atoms with Gasteiger partial charge in [-0.05, 0) is 62.4 Å². The second-order valence-corrected chi connectivity index (χ2v) is 7.69. The first-order valence-corrected chi connectivity index (χ1v) is 9.77. The molecular weight excluding hydrogens is 350 g/mol. The molecule has 3 aliphatic rings. The van der Waals surface area contributed by atoms with E-state index >= 15 is 0 Å². The highest BCUT2D eigenvalue weighted by atomic mass is 15.7. The van der Waals surface area contributed by atoms with E-state index in [4.69, 9.17) is 5.26 Å². The Morgan fingerprint density at radius 2 is 2.07 bits per heavy atom.